The Morgan fingerprint density at radius 2 is 2.04 bits per heavy atom. The Labute approximate surface area is 147 Å². The summed E-state index contributed by atoms with van der Waals surface area (Å²) in [5.41, 5.74) is -0.133. The number of methoxy groups -OCH3 is 1. The number of piperidine rings is 1. The lowest BCUT2D eigenvalue weighted by molar-refractivity contribution is 0.0851. The zero-order valence-electron chi connectivity index (χ0n) is 15.2. The van der Waals surface area contributed by atoms with Crippen LogP contribution in [0.1, 0.15) is 44.1 Å². The van der Waals surface area contributed by atoms with Crippen molar-refractivity contribution in [3.05, 3.63) is 11.8 Å². The van der Waals surface area contributed by atoms with Crippen molar-refractivity contribution in [2.45, 2.75) is 39.2 Å². The fourth-order valence-corrected chi connectivity index (χ4v) is 2.95. The smallest absolute Gasteiger partial charge is 0.407 e. The molecule has 0 saturated carbocycles. The van der Waals surface area contributed by atoms with E-state index in [1.54, 1.807) is 0 Å². The lowest BCUT2D eigenvalue weighted by Crippen LogP contribution is -2.49. The summed E-state index contributed by atoms with van der Waals surface area (Å²) in [7, 11) is 1.50. The molecule has 0 bridgehead atoms. The highest BCUT2D eigenvalue weighted by Gasteiger charge is 2.30. The number of carboxylic acid groups (broad SMARTS) is 1. The van der Waals surface area contributed by atoms with Gasteiger partial charge in [-0.1, -0.05) is 0 Å². The van der Waals surface area contributed by atoms with E-state index in [0.717, 1.165) is 12.8 Å². The first-order valence-electron chi connectivity index (χ1n) is 8.38. The molecular formula is C17H26N4O4. The van der Waals surface area contributed by atoms with Crippen molar-refractivity contribution in [1.29, 1.82) is 0 Å². The summed E-state index contributed by atoms with van der Waals surface area (Å²) < 4.78 is 5.12. The molecule has 2 rings (SSSR count). The predicted molar refractivity (Wildman–Crippen MR) is 93.4 cm³/mol. The highest BCUT2D eigenvalue weighted by Crippen LogP contribution is 2.25. The first-order valence-corrected chi connectivity index (χ1v) is 8.38. The molecule has 138 valence electrons. The third-order valence-electron chi connectivity index (χ3n) is 4.42. The Hall–Kier alpha value is -2.38. The summed E-state index contributed by atoms with van der Waals surface area (Å²) in [6.45, 7) is 7.66. The molecule has 8 heteroatoms. The number of nitrogens with zero attached hydrogens (tertiary/aromatic N) is 4. The van der Waals surface area contributed by atoms with E-state index >= 15 is 0 Å². The van der Waals surface area contributed by atoms with Gasteiger partial charge in [0.15, 0.2) is 6.29 Å². The summed E-state index contributed by atoms with van der Waals surface area (Å²) in [5, 5.41) is 9.43. The molecule has 1 fully saturated rings. The number of anilines is 1. The van der Waals surface area contributed by atoms with Gasteiger partial charge < -0.3 is 19.6 Å². The molecule has 1 N–H and O–H groups in total. The zero-order valence-corrected chi connectivity index (χ0v) is 15.2. The fraction of sp³-hybridized carbons (Fsp3) is 0.647. The van der Waals surface area contributed by atoms with Gasteiger partial charge in [0.25, 0.3) is 0 Å². The molecule has 1 aliphatic heterocycles. The number of ether oxygens (including phenoxy) is 1. The Kier molecular flexibility index (Phi) is 5.81. The minimum Gasteiger partial charge on any atom is -0.481 e. The first-order chi connectivity index (χ1) is 11.7. The molecule has 1 aliphatic rings. The molecule has 0 aromatic carbocycles. The van der Waals surface area contributed by atoms with Crippen molar-refractivity contribution in [3.63, 3.8) is 0 Å². The van der Waals surface area contributed by atoms with Gasteiger partial charge in [0.1, 0.15) is 5.69 Å². The topological polar surface area (TPSA) is 95.9 Å². The standard InChI is InChI=1S/C17H26N4O4/c1-17(2,3)21(16(23)24)10-12-5-7-20(8-6-12)15-18-13(11-22)9-14(19-15)25-4/h9,11-12H,5-8,10H2,1-4H3,(H,23,24). The van der Waals surface area contributed by atoms with Crippen LogP contribution < -0.4 is 9.64 Å². The maximum Gasteiger partial charge on any atom is 0.407 e. The average molecular weight is 350 g/mol. The van der Waals surface area contributed by atoms with Crippen molar-refractivity contribution in [2.24, 2.45) is 5.92 Å². The first kappa shape index (κ1) is 19.0. The van der Waals surface area contributed by atoms with E-state index in [-0.39, 0.29) is 5.69 Å². The number of aldehydes is 1. The molecule has 8 nitrogen and oxygen atoms in total. The SMILES string of the molecule is COc1cc(C=O)nc(N2CCC(CN(C(=O)O)C(C)(C)C)CC2)n1. The molecule has 0 spiro atoms. The number of carbonyl (C=O) groups excluding carboxylic acids is 1. The van der Waals surface area contributed by atoms with Gasteiger partial charge in [-0.15, -0.1) is 0 Å². The van der Waals surface area contributed by atoms with E-state index in [0.29, 0.717) is 43.7 Å². The van der Waals surface area contributed by atoms with Gasteiger partial charge in [-0.05, 0) is 39.5 Å². The van der Waals surface area contributed by atoms with Crippen molar-refractivity contribution >= 4 is 18.3 Å². The minimum atomic E-state index is -0.887. The van der Waals surface area contributed by atoms with Crippen LogP contribution >= 0.6 is 0 Å². The van der Waals surface area contributed by atoms with Crippen molar-refractivity contribution in [1.82, 2.24) is 14.9 Å². The summed E-state index contributed by atoms with van der Waals surface area (Å²) in [5.74, 6) is 1.13. The number of carbonyl (C=O) groups is 2. The molecule has 1 saturated heterocycles. The van der Waals surface area contributed by atoms with Crippen LogP contribution in [0.3, 0.4) is 0 Å². The van der Waals surface area contributed by atoms with Crippen LogP contribution in [0.5, 0.6) is 5.88 Å². The van der Waals surface area contributed by atoms with E-state index < -0.39 is 11.6 Å². The van der Waals surface area contributed by atoms with Crippen molar-refractivity contribution < 1.29 is 19.4 Å². The Morgan fingerprint density at radius 1 is 1.40 bits per heavy atom. The maximum atomic E-state index is 11.5. The highest BCUT2D eigenvalue weighted by atomic mass is 16.5. The lowest BCUT2D eigenvalue weighted by Gasteiger charge is -2.39. The van der Waals surface area contributed by atoms with Gasteiger partial charge in [0, 0.05) is 31.2 Å². The number of amides is 1. The molecule has 1 aromatic rings. The highest BCUT2D eigenvalue weighted by molar-refractivity contribution is 5.73. The monoisotopic (exact) mass is 350 g/mol. The second kappa shape index (κ2) is 7.67. The van der Waals surface area contributed by atoms with E-state index in [1.165, 1.54) is 18.1 Å². The van der Waals surface area contributed by atoms with Crippen LogP contribution in [0.15, 0.2) is 6.07 Å². The van der Waals surface area contributed by atoms with E-state index in [9.17, 15) is 14.7 Å². The molecule has 25 heavy (non-hydrogen) atoms. The normalized spacial score (nSPS) is 15.8. The van der Waals surface area contributed by atoms with Crippen LogP contribution in [0, 0.1) is 5.92 Å². The third-order valence-corrected chi connectivity index (χ3v) is 4.42. The van der Waals surface area contributed by atoms with Gasteiger partial charge in [-0.3, -0.25) is 4.79 Å². The molecule has 0 aliphatic carbocycles. The largest absolute Gasteiger partial charge is 0.481 e. The second-order valence-corrected chi connectivity index (χ2v) is 7.25. The zero-order chi connectivity index (χ0) is 18.6. The number of aromatic nitrogens is 2. The van der Waals surface area contributed by atoms with Crippen LogP contribution in [0.2, 0.25) is 0 Å². The molecule has 0 unspecified atom stereocenters. The van der Waals surface area contributed by atoms with Crippen molar-refractivity contribution in [3.8, 4) is 5.88 Å². The van der Waals surface area contributed by atoms with Crippen molar-refractivity contribution in [2.75, 3.05) is 31.6 Å². The van der Waals surface area contributed by atoms with Crippen LogP contribution in [-0.4, -0.2) is 64.6 Å². The average Bonchev–Trinajstić information content (AvgIpc) is 2.58. The molecule has 2 heterocycles. The van der Waals surface area contributed by atoms with Gasteiger partial charge in [-0.2, -0.15) is 4.98 Å². The second-order valence-electron chi connectivity index (χ2n) is 7.25. The lowest BCUT2D eigenvalue weighted by atomic mass is 9.94. The van der Waals surface area contributed by atoms with Crippen LogP contribution in [0.25, 0.3) is 0 Å². The van der Waals surface area contributed by atoms with E-state index in [2.05, 4.69) is 9.97 Å². The van der Waals surface area contributed by atoms with Gasteiger partial charge in [0.2, 0.25) is 11.8 Å². The third kappa shape index (κ3) is 4.80. The summed E-state index contributed by atoms with van der Waals surface area (Å²) in [6, 6.07) is 1.50. The van der Waals surface area contributed by atoms with Crippen LogP contribution in [0.4, 0.5) is 10.7 Å². The number of rotatable bonds is 5. The van der Waals surface area contributed by atoms with Gasteiger partial charge in [0.05, 0.1) is 7.11 Å². The Balaban J connectivity index is 2.02. The molecule has 1 aromatic heterocycles. The quantitative estimate of drug-likeness (QED) is 0.814. The fourth-order valence-electron chi connectivity index (χ4n) is 2.95. The maximum absolute atomic E-state index is 11.5. The minimum absolute atomic E-state index is 0.286. The summed E-state index contributed by atoms with van der Waals surface area (Å²) in [6.07, 6.45) is 1.48. The number of hydrogen-bond acceptors (Lipinski definition) is 6. The molecule has 0 atom stereocenters. The van der Waals surface area contributed by atoms with Crippen LogP contribution in [-0.2, 0) is 0 Å². The van der Waals surface area contributed by atoms with Gasteiger partial charge >= 0.3 is 6.09 Å². The summed E-state index contributed by atoms with van der Waals surface area (Å²) >= 11 is 0. The molecule has 0 radical (unpaired) electrons. The van der Waals surface area contributed by atoms with Gasteiger partial charge in [-0.25, -0.2) is 9.78 Å². The molecule has 1 amide bonds. The summed E-state index contributed by atoms with van der Waals surface area (Å²) in [4.78, 5) is 34.6. The van der Waals surface area contributed by atoms with E-state index in [1.807, 2.05) is 25.7 Å². The molecular weight excluding hydrogens is 324 g/mol. The Bertz CT molecular complexity index is 622. The number of hydrogen-bond donors (Lipinski definition) is 1. The predicted octanol–water partition coefficient (Wildman–Crippen LogP) is 2.29. The van der Waals surface area contributed by atoms with E-state index in [4.69, 9.17) is 4.74 Å². The Morgan fingerprint density at radius 3 is 2.52 bits per heavy atom.